The molecule has 23 heavy (non-hydrogen) atoms. The van der Waals surface area contributed by atoms with Gasteiger partial charge in [-0.25, -0.2) is 0 Å². The van der Waals surface area contributed by atoms with Gasteiger partial charge in [-0.1, -0.05) is 6.42 Å². The van der Waals surface area contributed by atoms with Gasteiger partial charge < -0.3 is 11.1 Å². The number of primary amides is 1. The average molecular weight is 348 g/mol. The summed E-state index contributed by atoms with van der Waals surface area (Å²) in [5, 5.41) is 2.93. The molecular formula is C15H19F3N2O2S. The third-order valence-electron chi connectivity index (χ3n) is 4.38. The number of amides is 2. The van der Waals surface area contributed by atoms with Crippen LogP contribution in [0.5, 0.6) is 0 Å². The Balaban J connectivity index is 2.14. The molecule has 3 N–H and O–H groups in total. The van der Waals surface area contributed by atoms with Crippen LogP contribution in [0.4, 0.5) is 18.2 Å². The average Bonchev–Trinajstić information content (AvgIpc) is 2.73. The fourth-order valence-electron chi connectivity index (χ4n) is 2.95. The summed E-state index contributed by atoms with van der Waals surface area (Å²) < 4.78 is 38.5. The van der Waals surface area contributed by atoms with Crippen LogP contribution in [0, 0.1) is 25.7 Å². The third-order valence-corrected chi connectivity index (χ3v) is 5.50. The topological polar surface area (TPSA) is 72.2 Å². The predicted molar refractivity (Wildman–Crippen MR) is 82.4 cm³/mol. The van der Waals surface area contributed by atoms with Gasteiger partial charge in [0.1, 0.15) is 5.00 Å². The molecule has 0 aliphatic heterocycles. The van der Waals surface area contributed by atoms with E-state index in [0.29, 0.717) is 23.4 Å². The molecule has 0 bridgehead atoms. The maximum Gasteiger partial charge on any atom is 0.391 e. The number of anilines is 1. The minimum atomic E-state index is -4.27. The van der Waals surface area contributed by atoms with Crippen LogP contribution in [-0.2, 0) is 4.79 Å². The summed E-state index contributed by atoms with van der Waals surface area (Å²) in [7, 11) is 0. The Morgan fingerprint density at radius 3 is 2.48 bits per heavy atom. The summed E-state index contributed by atoms with van der Waals surface area (Å²) in [4.78, 5) is 24.7. The highest BCUT2D eigenvalue weighted by atomic mass is 32.1. The zero-order chi connectivity index (χ0) is 17.4. The van der Waals surface area contributed by atoms with Gasteiger partial charge in [-0.15, -0.1) is 11.3 Å². The normalized spacial score (nSPS) is 22.0. The molecule has 1 fully saturated rings. The quantitative estimate of drug-likeness (QED) is 0.873. The Morgan fingerprint density at radius 2 is 1.91 bits per heavy atom. The Bertz CT molecular complexity index is 625. The number of carbonyl (C=O) groups excluding carboxylic acids is 2. The van der Waals surface area contributed by atoms with E-state index in [1.165, 1.54) is 11.3 Å². The van der Waals surface area contributed by atoms with Crippen LogP contribution in [0.3, 0.4) is 0 Å². The first kappa shape index (κ1) is 17.8. The molecule has 0 radical (unpaired) electrons. The van der Waals surface area contributed by atoms with E-state index in [1.807, 2.05) is 0 Å². The molecule has 0 saturated heterocycles. The molecule has 1 aromatic rings. The molecule has 2 amide bonds. The lowest BCUT2D eigenvalue weighted by Crippen LogP contribution is -2.34. The molecule has 1 aromatic heterocycles. The lowest BCUT2D eigenvalue weighted by molar-refractivity contribution is -0.185. The van der Waals surface area contributed by atoms with Crippen LogP contribution in [0.25, 0.3) is 0 Å². The number of alkyl halides is 3. The van der Waals surface area contributed by atoms with Gasteiger partial charge in [0.25, 0.3) is 5.91 Å². The molecule has 1 heterocycles. The van der Waals surface area contributed by atoms with Crippen molar-refractivity contribution in [1.82, 2.24) is 0 Å². The summed E-state index contributed by atoms with van der Waals surface area (Å²) in [5.41, 5.74) is 6.26. The Morgan fingerprint density at radius 1 is 1.26 bits per heavy atom. The second-order valence-electron chi connectivity index (χ2n) is 5.94. The summed E-state index contributed by atoms with van der Waals surface area (Å²) in [6.07, 6.45) is -3.61. The Kier molecular flexibility index (Phi) is 5.03. The molecule has 0 unspecified atom stereocenters. The SMILES string of the molecule is Cc1sc(NC(=O)[C@H]2CCC[C@@H](C(F)(F)F)C2)c(C(N)=O)c1C. The molecule has 128 valence electrons. The van der Waals surface area contributed by atoms with Crippen molar-refractivity contribution in [3.05, 3.63) is 16.0 Å². The Labute approximate surface area is 136 Å². The molecule has 1 aliphatic carbocycles. The van der Waals surface area contributed by atoms with Gasteiger partial charge in [0.15, 0.2) is 0 Å². The Hall–Kier alpha value is -1.57. The van der Waals surface area contributed by atoms with E-state index in [9.17, 15) is 22.8 Å². The molecule has 4 nitrogen and oxygen atoms in total. The van der Waals surface area contributed by atoms with E-state index in [2.05, 4.69) is 5.32 Å². The number of hydrogen-bond acceptors (Lipinski definition) is 3. The number of nitrogens with two attached hydrogens (primary N) is 1. The summed E-state index contributed by atoms with van der Waals surface area (Å²) >= 11 is 1.21. The standard InChI is InChI=1S/C15H19F3N2O2S/c1-7-8(2)23-14(11(7)12(19)21)20-13(22)9-4-3-5-10(6-9)15(16,17)18/h9-10H,3-6H2,1-2H3,(H2,19,21)(H,20,22)/t9-,10+/m0/s1. The zero-order valence-electron chi connectivity index (χ0n) is 12.9. The zero-order valence-corrected chi connectivity index (χ0v) is 13.7. The lowest BCUT2D eigenvalue weighted by Gasteiger charge is -2.29. The second kappa shape index (κ2) is 6.51. The third kappa shape index (κ3) is 3.85. The van der Waals surface area contributed by atoms with Gasteiger partial charge >= 0.3 is 6.18 Å². The smallest absolute Gasteiger partial charge is 0.365 e. The van der Waals surface area contributed by atoms with Crippen LogP contribution < -0.4 is 11.1 Å². The molecular weight excluding hydrogens is 329 g/mol. The second-order valence-corrected chi connectivity index (χ2v) is 7.17. The van der Waals surface area contributed by atoms with E-state index >= 15 is 0 Å². The van der Waals surface area contributed by atoms with Gasteiger partial charge in [-0.2, -0.15) is 13.2 Å². The summed E-state index contributed by atoms with van der Waals surface area (Å²) in [6, 6.07) is 0. The summed E-state index contributed by atoms with van der Waals surface area (Å²) in [6.45, 7) is 3.52. The van der Waals surface area contributed by atoms with E-state index in [0.717, 1.165) is 4.88 Å². The van der Waals surface area contributed by atoms with E-state index in [4.69, 9.17) is 5.73 Å². The number of thiophene rings is 1. The maximum absolute atomic E-state index is 12.8. The van der Waals surface area contributed by atoms with E-state index < -0.39 is 29.8 Å². The van der Waals surface area contributed by atoms with Gasteiger partial charge in [-0.3, -0.25) is 9.59 Å². The largest absolute Gasteiger partial charge is 0.391 e. The van der Waals surface area contributed by atoms with Crippen molar-refractivity contribution in [2.24, 2.45) is 17.6 Å². The highest BCUT2D eigenvalue weighted by Crippen LogP contribution is 2.41. The van der Waals surface area contributed by atoms with Gasteiger partial charge in [0.05, 0.1) is 11.5 Å². The van der Waals surface area contributed by atoms with Gasteiger partial charge in [-0.05, 0) is 38.7 Å². The number of nitrogens with one attached hydrogen (secondary N) is 1. The van der Waals surface area contributed by atoms with Gasteiger partial charge in [0, 0.05) is 10.8 Å². The fourth-order valence-corrected chi connectivity index (χ4v) is 4.02. The first-order valence-electron chi connectivity index (χ1n) is 7.38. The molecule has 2 atom stereocenters. The van der Waals surface area contributed by atoms with Crippen molar-refractivity contribution in [3.63, 3.8) is 0 Å². The predicted octanol–water partition coefficient (Wildman–Crippen LogP) is 3.77. The lowest BCUT2D eigenvalue weighted by atomic mass is 9.80. The van der Waals surface area contributed by atoms with E-state index in [-0.39, 0.29) is 18.4 Å². The van der Waals surface area contributed by atoms with Crippen LogP contribution >= 0.6 is 11.3 Å². The first-order valence-corrected chi connectivity index (χ1v) is 8.20. The van der Waals surface area contributed by atoms with Gasteiger partial charge in [0.2, 0.25) is 5.91 Å². The molecule has 1 aliphatic rings. The molecule has 0 spiro atoms. The molecule has 2 rings (SSSR count). The van der Waals surface area contributed by atoms with E-state index in [1.54, 1.807) is 13.8 Å². The van der Waals surface area contributed by atoms with Crippen LogP contribution in [-0.4, -0.2) is 18.0 Å². The minimum absolute atomic E-state index is 0.0665. The minimum Gasteiger partial charge on any atom is -0.365 e. The number of halogens is 3. The van der Waals surface area contributed by atoms with Crippen molar-refractivity contribution >= 4 is 28.2 Å². The molecule has 8 heteroatoms. The number of hydrogen-bond donors (Lipinski definition) is 2. The van der Waals surface area contributed by atoms with Crippen molar-refractivity contribution < 1.29 is 22.8 Å². The number of aryl methyl sites for hydroxylation is 1. The van der Waals surface area contributed by atoms with Crippen molar-refractivity contribution in [3.8, 4) is 0 Å². The van der Waals surface area contributed by atoms with Crippen molar-refractivity contribution in [2.75, 3.05) is 5.32 Å². The fraction of sp³-hybridized carbons (Fsp3) is 0.600. The number of carbonyl (C=O) groups is 2. The van der Waals surface area contributed by atoms with Crippen LogP contribution in [0.15, 0.2) is 0 Å². The highest BCUT2D eigenvalue weighted by molar-refractivity contribution is 7.16. The van der Waals surface area contributed by atoms with Crippen molar-refractivity contribution in [1.29, 1.82) is 0 Å². The highest BCUT2D eigenvalue weighted by Gasteiger charge is 2.43. The molecule has 0 aromatic carbocycles. The van der Waals surface area contributed by atoms with Crippen molar-refractivity contribution in [2.45, 2.75) is 45.7 Å². The molecule has 1 saturated carbocycles. The monoisotopic (exact) mass is 348 g/mol. The number of rotatable bonds is 3. The summed E-state index contributed by atoms with van der Waals surface area (Å²) in [5.74, 6) is -3.25. The van der Waals surface area contributed by atoms with Crippen LogP contribution in [0.1, 0.15) is 46.5 Å². The maximum atomic E-state index is 12.8. The first-order chi connectivity index (χ1) is 10.6. The van der Waals surface area contributed by atoms with Crippen LogP contribution in [0.2, 0.25) is 0 Å².